The van der Waals surface area contributed by atoms with Gasteiger partial charge in [0.15, 0.2) is 0 Å². The minimum atomic E-state index is 0.418. The summed E-state index contributed by atoms with van der Waals surface area (Å²) in [7, 11) is 2.04. The van der Waals surface area contributed by atoms with Crippen LogP contribution in [-0.2, 0) is 6.42 Å². The van der Waals surface area contributed by atoms with Crippen molar-refractivity contribution in [3.63, 3.8) is 0 Å². The Kier molecular flexibility index (Phi) is 2.89. The van der Waals surface area contributed by atoms with E-state index in [2.05, 4.69) is 30.3 Å². The van der Waals surface area contributed by atoms with Crippen molar-refractivity contribution in [1.29, 1.82) is 0 Å². The Balaban J connectivity index is 1.92. The number of aromatic nitrogens is 2. The maximum atomic E-state index is 4.88. The van der Waals surface area contributed by atoms with Gasteiger partial charge in [-0.15, -0.1) is 0 Å². The second kappa shape index (κ2) is 4.30. The van der Waals surface area contributed by atoms with Crippen molar-refractivity contribution in [2.45, 2.75) is 57.9 Å². The number of fused-ring (bicyclic) bond motifs is 1. The predicted octanol–water partition coefficient (Wildman–Crippen LogP) is 2.98. The van der Waals surface area contributed by atoms with Crippen molar-refractivity contribution >= 4 is 0 Å². The molecule has 0 amide bonds. The molecule has 3 rings (SSSR count). The van der Waals surface area contributed by atoms with Crippen LogP contribution < -0.4 is 5.32 Å². The first-order valence-corrected chi connectivity index (χ1v) is 7.15. The van der Waals surface area contributed by atoms with Crippen molar-refractivity contribution in [3.8, 4) is 0 Å². The molecule has 1 aromatic heterocycles. The molecule has 3 nitrogen and oxygen atoms in total. The van der Waals surface area contributed by atoms with Gasteiger partial charge in [0.1, 0.15) is 5.82 Å². The third-order valence-corrected chi connectivity index (χ3v) is 4.62. The van der Waals surface area contributed by atoms with Gasteiger partial charge in [0.05, 0.1) is 0 Å². The first-order valence-electron chi connectivity index (χ1n) is 7.15. The molecule has 2 aliphatic rings. The third-order valence-electron chi connectivity index (χ3n) is 4.62. The van der Waals surface area contributed by atoms with Crippen LogP contribution >= 0.6 is 0 Å². The molecule has 98 valence electrons. The Morgan fingerprint density at radius 3 is 2.78 bits per heavy atom. The molecule has 2 unspecified atom stereocenters. The van der Waals surface area contributed by atoms with Crippen LogP contribution in [0.4, 0.5) is 0 Å². The quantitative estimate of drug-likeness (QED) is 0.814. The summed E-state index contributed by atoms with van der Waals surface area (Å²) in [6.07, 6.45) is 8.19. The Morgan fingerprint density at radius 1 is 1.33 bits per heavy atom. The average molecular weight is 245 g/mol. The zero-order chi connectivity index (χ0) is 12.8. The van der Waals surface area contributed by atoms with Gasteiger partial charge in [-0.2, -0.15) is 0 Å². The minimum absolute atomic E-state index is 0.418. The first-order chi connectivity index (χ1) is 8.62. The van der Waals surface area contributed by atoms with Gasteiger partial charge in [0.25, 0.3) is 0 Å². The fraction of sp³-hybridized carbons (Fsp3) is 0.733. The molecule has 3 heteroatoms. The SMILES string of the molecule is CNC1CCCCc2nc(C3CC3(C)C)ncc21. The number of nitrogens with one attached hydrogen (secondary N) is 1. The summed E-state index contributed by atoms with van der Waals surface area (Å²) in [5.41, 5.74) is 3.04. The third kappa shape index (κ3) is 2.05. The van der Waals surface area contributed by atoms with Crippen LogP contribution in [0.5, 0.6) is 0 Å². The molecular formula is C15H23N3. The van der Waals surface area contributed by atoms with E-state index in [9.17, 15) is 0 Å². The molecule has 2 atom stereocenters. The van der Waals surface area contributed by atoms with Crippen molar-refractivity contribution < 1.29 is 0 Å². The van der Waals surface area contributed by atoms with Crippen LogP contribution in [0.25, 0.3) is 0 Å². The first kappa shape index (κ1) is 12.1. The van der Waals surface area contributed by atoms with Gasteiger partial charge < -0.3 is 5.32 Å². The predicted molar refractivity (Wildman–Crippen MR) is 72.5 cm³/mol. The van der Waals surface area contributed by atoms with E-state index in [1.807, 2.05) is 7.05 Å². The second-order valence-corrected chi connectivity index (χ2v) is 6.46. The Morgan fingerprint density at radius 2 is 2.11 bits per heavy atom. The molecular weight excluding hydrogens is 222 g/mol. The van der Waals surface area contributed by atoms with E-state index in [1.165, 1.54) is 36.9 Å². The fourth-order valence-corrected chi connectivity index (χ4v) is 3.11. The molecule has 1 fully saturated rings. The lowest BCUT2D eigenvalue weighted by molar-refractivity contribution is 0.531. The molecule has 0 saturated heterocycles. The zero-order valence-electron chi connectivity index (χ0n) is 11.7. The normalized spacial score (nSPS) is 29.5. The molecule has 1 N–H and O–H groups in total. The molecule has 18 heavy (non-hydrogen) atoms. The van der Waals surface area contributed by atoms with Crippen LogP contribution in [0.15, 0.2) is 6.20 Å². The smallest absolute Gasteiger partial charge is 0.132 e. The molecule has 1 saturated carbocycles. The summed E-state index contributed by atoms with van der Waals surface area (Å²) in [5, 5.41) is 3.40. The number of hydrogen-bond donors (Lipinski definition) is 1. The van der Waals surface area contributed by atoms with Gasteiger partial charge >= 0.3 is 0 Å². The van der Waals surface area contributed by atoms with E-state index in [1.54, 1.807) is 0 Å². The van der Waals surface area contributed by atoms with Crippen molar-refractivity contribution in [2.75, 3.05) is 7.05 Å². The van der Waals surface area contributed by atoms with Crippen LogP contribution in [0, 0.1) is 5.41 Å². The highest BCUT2D eigenvalue weighted by atomic mass is 14.9. The second-order valence-electron chi connectivity index (χ2n) is 6.46. The number of nitrogens with zero attached hydrogens (tertiary/aromatic N) is 2. The van der Waals surface area contributed by atoms with Gasteiger partial charge in [-0.3, -0.25) is 0 Å². The van der Waals surface area contributed by atoms with Gasteiger partial charge in [-0.25, -0.2) is 9.97 Å². The maximum Gasteiger partial charge on any atom is 0.132 e. The Hall–Kier alpha value is -0.960. The lowest BCUT2D eigenvalue weighted by atomic mass is 10.0. The standard InChI is InChI=1S/C15H23N3/c1-15(2)8-11(15)14-17-9-10-12(16-3)6-4-5-7-13(10)18-14/h9,11-12,16H,4-8H2,1-3H3. The molecule has 1 heterocycles. The lowest BCUT2D eigenvalue weighted by Crippen LogP contribution is -2.18. The molecule has 0 spiro atoms. The molecule has 1 aromatic rings. The summed E-state index contributed by atoms with van der Waals surface area (Å²) in [6.45, 7) is 4.62. The van der Waals surface area contributed by atoms with Gasteiger partial charge in [0, 0.05) is 29.4 Å². The van der Waals surface area contributed by atoms with Gasteiger partial charge in [-0.05, 0) is 38.1 Å². The summed E-state index contributed by atoms with van der Waals surface area (Å²) in [6, 6.07) is 0.448. The Labute approximate surface area is 109 Å². The van der Waals surface area contributed by atoms with E-state index in [0.29, 0.717) is 17.4 Å². The average Bonchev–Trinajstić information content (AvgIpc) is 3.04. The van der Waals surface area contributed by atoms with Crippen molar-refractivity contribution in [1.82, 2.24) is 15.3 Å². The van der Waals surface area contributed by atoms with E-state index in [-0.39, 0.29) is 0 Å². The number of rotatable bonds is 2. The summed E-state index contributed by atoms with van der Waals surface area (Å²) >= 11 is 0. The van der Waals surface area contributed by atoms with Crippen LogP contribution in [-0.4, -0.2) is 17.0 Å². The highest BCUT2D eigenvalue weighted by Crippen LogP contribution is 2.57. The number of hydrogen-bond acceptors (Lipinski definition) is 3. The lowest BCUT2D eigenvalue weighted by Gasteiger charge is -2.16. The molecule has 0 aromatic carbocycles. The highest BCUT2D eigenvalue weighted by Gasteiger charge is 2.48. The molecule has 0 radical (unpaired) electrons. The van der Waals surface area contributed by atoms with Gasteiger partial charge in [0.2, 0.25) is 0 Å². The van der Waals surface area contributed by atoms with Gasteiger partial charge in [-0.1, -0.05) is 20.3 Å². The largest absolute Gasteiger partial charge is 0.313 e. The van der Waals surface area contributed by atoms with Crippen molar-refractivity contribution in [3.05, 3.63) is 23.3 Å². The van der Waals surface area contributed by atoms with Crippen LogP contribution in [0.1, 0.15) is 68.6 Å². The van der Waals surface area contributed by atoms with Crippen LogP contribution in [0.2, 0.25) is 0 Å². The van der Waals surface area contributed by atoms with E-state index in [4.69, 9.17) is 4.98 Å². The fourth-order valence-electron chi connectivity index (χ4n) is 3.11. The Bertz CT molecular complexity index is 453. The van der Waals surface area contributed by atoms with E-state index in [0.717, 1.165) is 12.2 Å². The summed E-state index contributed by atoms with van der Waals surface area (Å²) < 4.78 is 0. The molecule has 2 aliphatic carbocycles. The minimum Gasteiger partial charge on any atom is -0.313 e. The van der Waals surface area contributed by atoms with E-state index < -0.39 is 0 Å². The van der Waals surface area contributed by atoms with Crippen molar-refractivity contribution in [2.24, 2.45) is 5.41 Å². The monoisotopic (exact) mass is 245 g/mol. The highest BCUT2D eigenvalue weighted by molar-refractivity contribution is 5.26. The molecule has 0 bridgehead atoms. The van der Waals surface area contributed by atoms with Crippen LogP contribution in [0.3, 0.4) is 0 Å². The molecule has 0 aliphatic heterocycles. The van der Waals surface area contributed by atoms with E-state index >= 15 is 0 Å². The summed E-state index contributed by atoms with van der Waals surface area (Å²) in [4.78, 5) is 9.52. The zero-order valence-corrected chi connectivity index (χ0v) is 11.7. The maximum absolute atomic E-state index is 4.88. The number of aryl methyl sites for hydroxylation is 1. The summed E-state index contributed by atoms with van der Waals surface area (Å²) in [5.74, 6) is 1.66. The topological polar surface area (TPSA) is 37.8 Å².